The van der Waals surface area contributed by atoms with Crippen LogP contribution < -0.4 is 0 Å². The Hall–Kier alpha value is -2.12. The van der Waals surface area contributed by atoms with E-state index in [4.69, 9.17) is 0 Å². The van der Waals surface area contributed by atoms with E-state index in [2.05, 4.69) is 56.2 Å². The van der Waals surface area contributed by atoms with Gasteiger partial charge in [0.25, 0.3) is 0 Å². The van der Waals surface area contributed by atoms with Crippen molar-refractivity contribution < 1.29 is 5.11 Å². The number of thiazole rings is 1. The zero-order chi connectivity index (χ0) is 20.1. The summed E-state index contributed by atoms with van der Waals surface area (Å²) in [5.74, 6) is 0. The fourth-order valence-corrected chi connectivity index (χ4v) is 4.90. The third kappa shape index (κ3) is 5.28. The van der Waals surface area contributed by atoms with Gasteiger partial charge < -0.3 is 5.11 Å². The van der Waals surface area contributed by atoms with E-state index in [9.17, 15) is 5.11 Å². The van der Waals surface area contributed by atoms with Gasteiger partial charge in [0.15, 0.2) is 0 Å². The SMILES string of the molecule is Cc1cccc(CN2CCN(Cc3cnc(-c4ccccc4)s3)C[C@@H]2CCO)n1. The normalized spacial score (nSPS) is 18.2. The number of rotatable bonds is 7. The molecular weight excluding hydrogens is 380 g/mol. The van der Waals surface area contributed by atoms with Crippen LogP contribution in [0.2, 0.25) is 0 Å². The highest BCUT2D eigenvalue weighted by Gasteiger charge is 2.27. The Bertz CT molecular complexity index is 914. The van der Waals surface area contributed by atoms with Crippen LogP contribution in [-0.4, -0.2) is 57.2 Å². The molecule has 29 heavy (non-hydrogen) atoms. The lowest BCUT2D eigenvalue weighted by molar-refractivity contribution is 0.0496. The molecule has 0 spiro atoms. The first-order valence-corrected chi connectivity index (χ1v) is 11.0. The second-order valence-corrected chi connectivity index (χ2v) is 8.75. The first-order valence-electron chi connectivity index (χ1n) is 10.2. The molecule has 1 aliphatic rings. The Labute approximate surface area is 176 Å². The Kier molecular flexibility index (Phi) is 6.67. The van der Waals surface area contributed by atoms with E-state index in [1.807, 2.05) is 25.3 Å². The molecule has 1 aliphatic heterocycles. The van der Waals surface area contributed by atoms with Crippen LogP contribution in [0.25, 0.3) is 10.6 Å². The molecule has 1 atom stereocenters. The second kappa shape index (κ2) is 9.59. The third-order valence-electron chi connectivity index (χ3n) is 5.42. The van der Waals surface area contributed by atoms with Gasteiger partial charge in [0.2, 0.25) is 0 Å². The summed E-state index contributed by atoms with van der Waals surface area (Å²) in [7, 11) is 0. The summed E-state index contributed by atoms with van der Waals surface area (Å²) < 4.78 is 0. The van der Waals surface area contributed by atoms with Crippen LogP contribution in [0.1, 0.15) is 22.7 Å². The van der Waals surface area contributed by atoms with Gasteiger partial charge in [-0.05, 0) is 25.5 Å². The Morgan fingerprint density at radius 2 is 1.93 bits per heavy atom. The van der Waals surface area contributed by atoms with Crippen molar-refractivity contribution in [2.75, 3.05) is 26.2 Å². The molecule has 0 amide bonds. The Balaban J connectivity index is 1.39. The van der Waals surface area contributed by atoms with Gasteiger partial charge in [0.05, 0.1) is 5.69 Å². The van der Waals surface area contributed by atoms with Crippen molar-refractivity contribution in [2.45, 2.75) is 32.5 Å². The first kappa shape index (κ1) is 20.2. The molecule has 0 aliphatic carbocycles. The van der Waals surface area contributed by atoms with Crippen LogP contribution in [0, 0.1) is 6.92 Å². The topological polar surface area (TPSA) is 52.5 Å². The summed E-state index contributed by atoms with van der Waals surface area (Å²) in [6.07, 6.45) is 2.80. The lowest BCUT2D eigenvalue weighted by atomic mass is 10.1. The largest absolute Gasteiger partial charge is 0.396 e. The highest BCUT2D eigenvalue weighted by atomic mass is 32.1. The van der Waals surface area contributed by atoms with Crippen molar-refractivity contribution in [1.82, 2.24) is 19.8 Å². The van der Waals surface area contributed by atoms with Crippen molar-refractivity contribution in [1.29, 1.82) is 0 Å². The molecular formula is C23H28N4OS. The molecule has 1 fully saturated rings. The van der Waals surface area contributed by atoms with Crippen molar-refractivity contribution in [3.63, 3.8) is 0 Å². The zero-order valence-electron chi connectivity index (χ0n) is 16.9. The minimum atomic E-state index is 0.217. The molecule has 6 heteroatoms. The van der Waals surface area contributed by atoms with Crippen LogP contribution in [0.15, 0.2) is 54.7 Å². The van der Waals surface area contributed by atoms with Crippen molar-refractivity contribution >= 4 is 11.3 Å². The van der Waals surface area contributed by atoms with Crippen molar-refractivity contribution in [3.8, 4) is 10.6 Å². The fraction of sp³-hybridized carbons (Fsp3) is 0.391. The smallest absolute Gasteiger partial charge is 0.123 e. The molecule has 3 heterocycles. The maximum absolute atomic E-state index is 9.58. The number of piperazine rings is 1. The van der Waals surface area contributed by atoms with Gasteiger partial charge in [0.1, 0.15) is 5.01 Å². The molecule has 1 aromatic carbocycles. The van der Waals surface area contributed by atoms with Gasteiger partial charge in [0, 0.05) is 67.7 Å². The molecule has 5 nitrogen and oxygen atoms in total. The highest BCUT2D eigenvalue weighted by Crippen LogP contribution is 2.26. The van der Waals surface area contributed by atoms with Crippen molar-refractivity contribution in [3.05, 3.63) is 71.0 Å². The van der Waals surface area contributed by atoms with E-state index >= 15 is 0 Å². The van der Waals surface area contributed by atoms with Crippen LogP contribution in [0.5, 0.6) is 0 Å². The van der Waals surface area contributed by atoms with Crippen LogP contribution >= 0.6 is 11.3 Å². The summed E-state index contributed by atoms with van der Waals surface area (Å²) in [5.41, 5.74) is 3.34. The molecule has 2 aromatic heterocycles. The number of pyridine rings is 1. The summed E-state index contributed by atoms with van der Waals surface area (Å²) in [6, 6.07) is 16.9. The predicted octanol–water partition coefficient (Wildman–Crippen LogP) is 3.58. The molecule has 3 aromatic rings. The molecule has 4 rings (SSSR count). The predicted molar refractivity (Wildman–Crippen MR) is 118 cm³/mol. The van der Waals surface area contributed by atoms with Crippen LogP contribution in [-0.2, 0) is 13.1 Å². The lowest BCUT2D eigenvalue weighted by Crippen LogP contribution is -2.52. The quantitative estimate of drug-likeness (QED) is 0.648. The van der Waals surface area contributed by atoms with Gasteiger partial charge in [-0.3, -0.25) is 14.8 Å². The third-order valence-corrected chi connectivity index (χ3v) is 6.45. The van der Waals surface area contributed by atoms with Gasteiger partial charge in [-0.15, -0.1) is 11.3 Å². The minimum Gasteiger partial charge on any atom is -0.396 e. The second-order valence-electron chi connectivity index (χ2n) is 7.64. The molecule has 0 bridgehead atoms. The number of nitrogens with zero attached hydrogens (tertiary/aromatic N) is 4. The average Bonchev–Trinajstić information content (AvgIpc) is 3.19. The number of hydrogen-bond donors (Lipinski definition) is 1. The van der Waals surface area contributed by atoms with Gasteiger partial charge in [-0.1, -0.05) is 36.4 Å². The number of aliphatic hydroxyl groups is 1. The van der Waals surface area contributed by atoms with Gasteiger partial charge in [-0.2, -0.15) is 0 Å². The molecule has 0 radical (unpaired) electrons. The summed E-state index contributed by atoms with van der Waals surface area (Å²) >= 11 is 1.77. The minimum absolute atomic E-state index is 0.217. The van der Waals surface area contributed by atoms with Gasteiger partial charge >= 0.3 is 0 Å². The maximum Gasteiger partial charge on any atom is 0.123 e. The van der Waals surface area contributed by atoms with E-state index in [0.717, 1.165) is 55.5 Å². The van der Waals surface area contributed by atoms with E-state index in [-0.39, 0.29) is 6.61 Å². The lowest BCUT2D eigenvalue weighted by Gasteiger charge is -2.41. The molecule has 152 valence electrons. The number of aromatic nitrogens is 2. The first-order chi connectivity index (χ1) is 14.2. The summed E-state index contributed by atoms with van der Waals surface area (Å²) in [6.45, 7) is 6.99. The highest BCUT2D eigenvalue weighted by molar-refractivity contribution is 7.15. The Morgan fingerprint density at radius 3 is 2.72 bits per heavy atom. The summed E-state index contributed by atoms with van der Waals surface area (Å²) in [4.78, 5) is 15.5. The van der Waals surface area contributed by atoms with Gasteiger partial charge in [-0.25, -0.2) is 4.98 Å². The molecule has 0 saturated carbocycles. The molecule has 1 N–H and O–H groups in total. The average molecular weight is 409 g/mol. The van der Waals surface area contributed by atoms with E-state index in [1.54, 1.807) is 11.3 Å². The van der Waals surface area contributed by atoms with E-state index in [0.29, 0.717) is 6.04 Å². The number of hydrogen-bond acceptors (Lipinski definition) is 6. The van der Waals surface area contributed by atoms with Crippen molar-refractivity contribution in [2.24, 2.45) is 0 Å². The van der Waals surface area contributed by atoms with Crippen LogP contribution in [0.3, 0.4) is 0 Å². The number of aryl methyl sites for hydroxylation is 1. The zero-order valence-corrected chi connectivity index (χ0v) is 17.7. The Morgan fingerprint density at radius 1 is 1.07 bits per heavy atom. The maximum atomic E-state index is 9.58. The number of aliphatic hydroxyl groups excluding tert-OH is 1. The fourth-order valence-electron chi connectivity index (χ4n) is 3.94. The summed E-state index contributed by atoms with van der Waals surface area (Å²) in [5, 5.41) is 10.7. The molecule has 0 unspecified atom stereocenters. The number of benzene rings is 1. The monoisotopic (exact) mass is 408 g/mol. The van der Waals surface area contributed by atoms with E-state index < -0.39 is 0 Å². The van der Waals surface area contributed by atoms with Crippen LogP contribution in [0.4, 0.5) is 0 Å². The standard InChI is InChI=1S/C23H28N4OS/c1-18-6-5-9-20(25-18)15-27-12-11-26(16-21(27)10-13-28)17-22-14-24-23(29-22)19-7-3-2-4-8-19/h2-9,14,21,28H,10-13,15-17H2,1H3/t21-/m0/s1. The van der Waals surface area contributed by atoms with E-state index in [1.165, 1.54) is 10.4 Å². The molecule has 1 saturated heterocycles.